The first-order chi connectivity index (χ1) is 23.7. The van der Waals surface area contributed by atoms with Gasteiger partial charge in [-0.25, -0.2) is 4.57 Å². The van der Waals surface area contributed by atoms with Crippen molar-refractivity contribution in [3.63, 3.8) is 0 Å². The number of esters is 2. The lowest BCUT2D eigenvalue weighted by atomic mass is 10.1. The van der Waals surface area contributed by atoms with Crippen LogP contribution in [0.25, 0.3) is 0 Å². The fourth-order valence-corrected chi connectivity index (χ4v) is 5.35. The van der Waals surface area contributed by atoms with Crippen LogP contribution in [0.4, 0.5) is 0 Å². The van der Waals surface area contributed by atoms with Gasteiger partial charge in [-0.1, -0.05) is 120 Å². The van der Waals surface area contributed by atoms with E-state index >= 15 is 0 Å². The molecule has 0 saturated heterocycles. The van der Waals surface area contributed by atoms with Crippen LogP contribution in [0.1, 0.15) is 142 Å². The number of unbranched alkanes of at least 4 members (excludes halogenated alkanes) is 12. The lowest BCUT2D eigenvalue weighted by molar-refractivity contribution is -0.161. The first-order valence-corrected chi connectivity index (χ1v) is 20.1. The number of aliphatic hydroxyl groups excluding tert-OH is 2. The summed E-state index contributed by atoms with van der Waals surface area (Å²) in [6, 6.07) is 0. The molecule has 0 radical (unpaired) electrons. The van der Waals surface area contributed by atoms with Crippen molar-refractivity contribution in [1.82, 2.24) is 0 Å². The first kappa shape index (κ1) is 46.9. The average Bonchev–Trinajstić information content (AvgIpc) is 3.09. The molecule has 0 rings (SSSR count). The zero-order valence-electron chi connectivity index (χ0n) is 30.4. The summed E-state index contributed by atoms with van der Waals surface area (Å²) in [6.07, 6.45) is 33.9. The van der Waals surface area contributed by atoms with E-state index in [0.29, 0.717) is 12.8 Å². The summed E-state index contributed by atoms with van der Waals surface area (Å²) in [7, 11) is -4.61. The van der Waals surface area contributed by atoms with Crippen molar-refractivity contribution in [2.75, 3.05) is 26.4 Å². The van der Waals surface area contributed by atoms with E-state index in [4.69, 9.17) is 19.1 Å². The third-order valence-corrected chi connectivity index (χ3v) is 8.44. The van der Waals surface area contributed by atoms with E-state index in [1.165, 1.54) is 44.9 Å². The van der Waals surface area contributed by atoms with Gasteiger partial charge in [-0.05, 0) is 57.8 Å². The molecule has 49 heavy (non-hydrogen) atoms. The number of hydrogen-bond donors (Lipinski definition) is 3. The van der Waals surface area contributed by atoms with Crippen LogP contribution in [-0.4, -0.2) is 65.7 Å². The molecule has 3 atom stereocenters. The Labute approximate surface area is 296 Å². The van der Waals surface area contributed by atoms with Gasteiger partial charge in [0.25, 0.3) is 0 Å². The van der Waals surface area contributed by atoms with Gasteiger partial charge >= 0.3 is 19.8 Å². The molecule has 0 heterocycles. The monoisotopic (exact) mass is 714 g/mol. The van der Waals surface area contributed by atoms with Crippen LogP contribution in [0.2, 0.25) is 0 Å². The van der Waals surface area contributed by atoms with E-state index < -0.39 is 51.8 Å². The molecule has 0 aromatic rings. The highest BCUT2D eigenvalue weighted by atomic mass is 31.2. The summed E-state index contributed by atoms with van der Waals surface area (Å²) in [6.45, 7) is 2.23. The zero-order chi connectivity index (χ0) is 36.3. The second kappa shape index (κ2) is 34.4. The molecule has 11 heteroatoms. The Morgan fingerprint density at radius 3 is 1.63 bits per heavy atom. The maximum atomic E-state index is 12.5. The molecular formula is C38H67O10P. The molecule has 0 bridgehead atoms. The van der Waals surface area contributed by atoms with Gasteiger partial charge in [0, 0.05) is 12.8 Å². The highest BCUT2D eigenvalue weighted by Gasteiger charge is 2.27. The van der Waals surface area contributed by atoms with E-state index in [2.05, 4.69) is 67.0 Å². The van der Waals surface area contributed by atoms with Crippen molar-refractivity contribution >= 4 is 19.8 Å². The number of phosphoric acid groups is 1. The molecule has 0 aliphatic rings. The van der Waals surface area contributed by atoms with Gasteiger partial charge in [0.05, 0.1) is 19.8 Å². The van der Waals surface area contributed by atoms with Crippen molar-refractivity contribution in [1.29, 1.82) is 0 Å². The number of ether oxygens (including phenoxy) is 2. The smallest absolute Gasteiger partial charge is 0.462 e. The zero-order valence-corrected chi connectivity index (χ0v) is 31.3. The Kier molecular flexibility index (Phi) is 32.9. The number of allylic oxidation sites excluding steroid dienone is 8. The van der Waals surface area contributed by atoms with Gasteiger partial charge in [0.2, 0.25) is 0 Å². The molecule has 0 aliphatic carbocycles. The summed E-state index contributed by atoms with van der Waals surface area (Å²) < 4.78 is 32.4. The van der Waals surface area contributed by atoms with Crippen molar-refractivity contribution in [3.05, 3.63) is 48.6 Å². The van der Waals surface area contributed by atoms with Crippen LogP contribution < -0.4 is 0 Å². The number of carbonyl (C=O) groups is 2. The van der Waals surface area contributed by atoms with E-state index in [1.807, 2.05) is 0 Å². The Bertz CT molecular complexity index is 962. The summed E-state index contributed by atoms with van der Waals surface area (Å²) in [5.41, 5.74) is 0. The predicted octanol–water partition coefficient (Wildman–Crippen LogP) is 8.99. The molecule has 0 fully saturated rings. The highest BCUT2D eigenvalue weighted by Crippen LogP contribution is 2.43. The Hall–Kier alpha value is -2.07. The molecule has 0 aromatic heterocycles. The van der Waals surface area contributed by atoms with Crippen LogP contribution in [-0.2, 0) is 32.7 Å². The minimum atomic E-state index is -4.61. The number of rotatable bonds is 34. The topological polar surface area (TPSA) is 149 Å². The van der Waals surface area contributed by atoms with E-state index in [-0.39, 0.29) is 19.4 Å². The SMILES string of the molecule is CCCCC/C=C/C/C=C/C/C=C/C/C=C/CCCCCC(=O)O[C@H](COC(=O)CCCCCCCCC)COP(=O)(O)OC[C@@H](O)CO. The molecule has 1 unspecified atom stereocenters. The average molecular weight is 715 g/mol. The molecule has 3 N–H and O–H groups in total. The second-order valence-corrected chi connectivity index (χ2v) is 13.7. The van der Waals surface area contributed by atoms with Crippen LogP contribution in [0.3, 0.4) is 0 Å². The second-order valence-electron chi connectivity index (χ2n) is 12.3. The number of phosphoric ester groups is 1. The molecule has 284 valence electrons. The fourth-order valence-electron chi connectivity index (χ4n) is 4.56. The summed E-state index contributed by atoms with van der Waals surface area (Å²) in [5.74, 6) is -0.972. The summed E-state index contributed by atoms with van der Waals surface area (Å²) in [5, 5.41) is 18.2. The van der Waals surface area contributed by atoms with Gasteiger partial charge in [0.1, 0.15) is 12.7 Å². The largest absolute Gasteiger partial charge is 0.472 e. The van der Waals surface area contributed by atoms with Crippen LogP contribution in [0.15, 0.2) is 48.6 Å². The van der Waals surface area contributed by atoms with Gasteiger partial charge < -0.3 is 24.6 Å². The summed E-state index contributed by atoms with van der Waals surface area (Å²) >= 11 is 0. The number of hydrogen-bond acceptors (Lipinski definition) is 9. The van der Waals surface area contributed by atoms with Crippen LogP contribution in [0, 0.1) is 0 Å². The molecule has 0 aliphatic heterocycles. The lowest BCUT2D eigenvalue weighted by Gasteiger charge is -2.20. The Morgan fingerprint density at radius 1 is 0.612 bits per heavy atom. The first-order valence-electron chi connectivity index (χ1n) is 18.6. The van der Waals surface area contributed by atoms with Gasteiger partial charge in [0.15, 0.2) is 6.10 Å². The van der Waals surface area contributed by atoms with E-state index in [9.17, 15) is 24.2 Å². The third kappa shape index (κ3) is 34.2. The standard InChI is InChI=1S/C38H67O10P/c1-3-5-7-9-11-12-13-14-15-16-17-18-19-20-21-22-24-26-28-30-38(42)48-36(34-47-49(43,44)46-32-35(40)31-39)33-45-37(41)29-27-25-23-10-8-6-4-2/h11-12,14-15,17-18,20-21,35-36,39-40H,3-10,13,16,19,22-34H2,1-2H3,(H,43,44)/b12-11+,15-14+,18-17+,21-20+/t35-,36+/m0/s1. The van der Waals surface area contributed by atoms with Gasteiger partial charge in [-0.2, -0.15) is 0 Å². The van der Waals surface area contributed by atoms with E-state index in [1.54, 1.807) is 0 Å². The van der Waals surface area contributed by atoms with Crippen molar-refractivity contribution in [2.45, 2.75) is 154 Å². The molecule has 10 nitrogen and oxygen atoms in total. The van der Waals surface area contributed by atoms with Crippen LogP contribution in [0.5, 0.6) is 0 Å². The Morgan fingerprint density at radius 2 is 1.06 bits per heavy atom. The van der Waals surface area contributed by atoms with Crippen LogP contribution >= 0.6 is 7.82 Å². The highest BCUT2D eigenvalue weighted by molar-refractivity contribution is 7.47. The molecular weight excluding hydrogens is 647 g/mol. The maximum absolute atomic E-state index is 12.5. The van der Waals surface area contributed by atoms with Gasteiger partial charge in [-0.15, -0.1) is 0 Å². The van der Waals surface area contributed by atoms with Crippen molar-refractivity contribution < 1.29 is 47.8 Å². The molecule has 0 amide bonds. The Balaban J connectivity index is 4.39. The van der Waals surface area contributed by atoms with Gasteiger partial charge in [-0.3, -0.25) is 18.6 Å². The summed E-state index contributed by atoms with van der Waals surface area (Å²) in [4.78, 5) is 34.6. The van der Waals surface area contributed by atoms with E-state index in [0.717, 1.165) is 57.8 Å². The third-order valence-electron chi connectivity index (χ3n) is 7.49. The number of aliphatic hydroxyl groups is 2. The maximum Gasteiger partial charge on any atom is 0.472 e. The normalized spacial score (nSPS) is 14.6. The van der Waals surface area contributed by atoms with Crippen molar-refractivity contribution in [2.24, 2.45) is 0 Å². The lowest BCUT2D eigenvalue weighted by Crippen LogP contribution is -2.29. The molecule has 0 spiro atoms. The predicted molar refractivity (Wildman–Crippen MR) is 196 cm³/mol. The molecule has 0 aromatic carbocycles. The number of carbonyl (C=O) groups excluding carboxylic acids is 2. The fraction of sp³-hybridized carbons (Fsp3) is 0.737. The quantitative estimate of drug-likeness (QED) is 0.0255. The minimum Gasteiger partial charge on any atom is -0.462 e. The van der Waals surface area contributed by atoms with Crippen molar-refractivity contribution in [3.8, 4) is 0 Å². The minimum absolute atomic E-state index is 0.146. The molecule has 0 saturated carbocycles.